The summed E-state index contributed by atoms with van der Waals surface area (Å²) < 4.78 is 40.8. The molecule has 1 saturated heterocycles. The summed E-state index contributed by atoms with van der Waals surface area (Å²) in [6.07, 6.45) is 2.48. The number of nitrogens with zero attached hydrogens (tertiary/aromatic N) is 2. The lowest BCUT2D eigenvalue weighted by molar-refractivity contribution is -0.138. The van der Waals surface area contributed by atoms with Gasteiger partial charge in [0.1, 0.15) is 5.82 Å². The lowest BCUT2D eigenvalue weighted by Gasteiger charge is -2.34. The Balaban J connectivity index is 1.65. The van der Waals surface area contributed by atoms with Gasteiger partial charge in [-0.2, -0.15) is 0 Å². The second kappa shape index (κ2) is 11.7. The van der Waals surface area contributed by atoms with E-state index >= 15 is 0 Å². The van der Waals surface area contributed by atoms with Crippen molar-refractivity contribution in [1.82, 2.24) is 15.1 Å². The van der Waals surface area contributed by atoms with Gasteiger partial charge in [0.2, 0.25) is 0 Å². The predicted molar refractivity (Wildman–Crippen MR) is 129 cm³/mol. The molecule has 0 aromatic heterocycles. The molecule has 0 bridgehead atoms. The largest absolute Gasteiger partial charge is 0.481 e. The van der Waals surface area contributed by atoms with Crippen molar-refractivity contribution in [3.05, 3.63) is 71.0 Å². The quantitative estimate of drug-likeness (QED) is 0.568. The van der Waals surface area contributed by atoms with Crippen molar-refractivity contribution >= 4 is 23.7 Å². The number of carbonyl (C=O) groups is 4. The zero-order valence-corrected chi connectivity index (χ0v) is 20.5. The van der Waals surface area contributed by atoms with Gasteiger partial charge in [-0.05, 0) is 61.2 Å². The first-order valence-corrected chi connectivity index (χ1v) is 12.5. The van der Waals surface area contributed by atoms with E-state index in [0.29, 0.717) is 6.07 Å². The molecule has 2 fully saturated rings. The summed E-state index contributed by atoms with van der Waals surface area (Å²) in [5, 5.41) is 12.2. The van der Waals surface area contributed by atoms with Crippen LogP contribution in [0, 0.1) is 23.4 Å². The molecule has 1 aliphatic heterocycles. The fourth-order valence-corrected chi connectivity index (χ4v) is 5.21. The van der Waals surface area contributed by atoms with Gasteiger partial charge in [-0.3, -0.25) is 19.2 Å². The number of amides is 3. The molecular formula is C27H28F3N3O5. The average Bonchev–Trinajstić information content (AvgIpc) is 3.35. The zero-order valence-electron chi connectivity index (χ0n) is 20.5. The van der Waals surface area contributed by atoms with E-state index < -0.39 is 53.4 Å². The van der Waals surface area contributed by atoms with Crippen molar-refractivity contribution in [2.24, 2.45) is 5.92 Å². The first-order chi connectivity index (χ1) is 18.2. The maximum absolute atomic E-state index is 13.9. The normalized spacial score (nSPS) is 18.8. The SMILES string of the molecule is O=C(O)CC(NC(=O)C1N(C(=O)c2ccc(F)cc2)CCN1C(=O)c1ccc(F)c(F)c1)C1CCCCC1. The van der Waals surface area contributed by atoms with Gasteiger partial charge in [0, 0.05) is 30.3 Å². The van der Waals surface area contributed by atoms with E-state index in [0.717, 1.165) is 66.2 Å². The Bertz CT molecular complexity index is 1220. The molecule has 2 N–H and O–H groups in total. The van der Waals surface area contributed by atoms with Gasteiger partial charge in [0.15, 0.2) is 17.8 Å². The van der Waals surface area contributed by atoms with Crippen LogP contribution in [-0.4, -0.2) is 63.9 Å². The van der Waals surface area contributed by atoms with Gasteiger partial charge >= 0.3 is 5.97 Å². The molecule has 1 saturated carbocycles. The van der Waals surface area contributed by atoms with E-state index in [9.17, 15) is 37.5 Å². The Kier molecular flexibility index (Phi) is 8.33. The van der Waals surface area contributed by atoms with E-state index in [1.165, 1.54) is 12.1 Å². The fourth-order valence-electron chi connectivity index (χ4n) is 5.21. The van der Waals surface area contributed by atoms with Crippen LogP contribution in [0.2, 0.25) is 0 Å². The standard InChI is InChI=1S/C27H28F3N3O5/c28-19-9-6-17(7-10-19)26(37)32-12-13-33(27(38)18-8-11-20(29)21(30)14-18)25(32)24(36)31-22(15-23(34)35)16-4-2-1-3-5-16/h6-11,14,16,22,25H,1-5,12-13,15H2,(H,31,36)(H,34,35). The van der Waals surface area contributed by atoms with Crippen LogP contribution in [0.25, 0.3) is 0 Å². The first kappa shape index (κ1) is 27.2. The first-order valence-electron chi connectivity index (χ1n) is 12.5. The molecule has 2 aromatic carbocycles. The molecule has 8 nitrogen and oxygen atoms in total. The summed E-state index contributed by atoms with van der Waals surface area (Å²) in [7, 11) is 0. The number of carboxylic acid groups (broad SMARTS) is 1. The third kappa shape index (κ3) is 5.98. The molecule has 1 heterocycles. The molecule has 1 aliphatic carbocycles. The molecule has 0 spiro atoms. The molecule has 11 heteroatoms. The molecule has 38 heavy (non-hydrogen) atoms. The average molecular weight is 532 g/mol. The highest BCUT2D eigenvalue weighted by Crippen LogP contribution is 2.29. The summed E-state index contributed by atoms with van der Waals surface area (Å²) in [4.78, 5) is 54.1. The van der Waals surface area contributed by atoms with Crippen LogP contribution >= 0.6 is 0 Å². The van der Waals surface area contributed by atoms with Crippen molar-refractivity contribution < 1.29 is 37.5 Å². The lowest BCUT2D eigenvalue weighted by Crippen LogP contribution is -2.57. The fraction of sp³-hybridized carbons (Fsp3) is 0.407. The highest BCUT2D eigenvalue weighted by molar-refractivity contribution is 6.02. The van der Waals surface area contributed by atoms with Crippen molar-refractivity contribution in [3.8, 4) is 0 Å². The second-order valence-corrected chi connectivity index (χ2v) is 9.62. The minimum absolute atomic E-state index is 0.0588. The van der Waals surface area contributed by atoms with Gasteiger partial charge in [-0.25, -0.2) is 13.2 Å². The molecule has 202 valence electrons. The Morgan fingerprint density at radius 3 is 2.00 bits per heavy atom. The number of hydrogen-bond donors (Lipinski definition) is 2. The monoisotopic (exact) mass is 531 g/mol. The van der Waals surface area contributed by atoms with Crippen molar-refractivity contribution in [2.45, 2.75) is 50.7 Å². The minimum atomic E-state index is -1.48. The van der Waals surface area contributed by atoms with Crippen LogP contribution in [-0.2, 0) is 9.59 Å². The number of nitrogens with one attached hydrogen (secondary N) is 1. The predicted octanol–water partition coefficient (Wildman–Crippen LogP) is 3.57. The van der Waals surface area contributed by atoms with E-state index in [2.05, 4.69) is 5.32 Å². The Labute approximate surface area is 217 Å². The molecule has 4 rings (SSSR count). The van der Waals surface area contributed by atoms with Gasteiger partial charge < -0.3 is 20.2 Å². The number of carbonyl (C=O) groups excluding carboxylic acids is 3. The molecule has 2 unspecified atom stereocenters. The summed E-state index contributed by atoms with van der Waals surface area (Å²) in [5.74, 6) is -6.32. The molecule has 3 amide bonds. The van der Waals surface area contributed by atoms with Crippen molar-refractivity contribution in [1.29, 1.82) is 0 Å². The van der Waals surface area contributed by atoms with Gasteiger partial charge in [0.25, 0.3) is 17.7 Å². The van der Waals surface area contributed by atoms with Gasteiger partial charge in [-0.15, -0.1) is 0 Å². The number of halogens is 3. The van der Waals surface area contributed by atoms with Crippen LogP contribution in [0.1, 0.15) is 59.2 Å². The highest BCUT2D eigenvalue weighted by Gasteiger charge is 2.44. The molecule has 2 atom stereocenters. The van der Waals surface area contributed by atoms with E-state index in [1.807, 2.05) is 0 Å². The van der Waals surface area contributed by atoms with Crippen molar-refractivity contribution in [2.75, 3.05) is 13.1 Å². The van der Waals surface area contributed by atoms with Crippen LogP contribution < -0.4 is 5.32 Å². The summed E-state index contributed by atoms with van der Waals surface area (Å²) in [5.41, 5.74) is -0.132. The third-order valence-corrected chi connectivity index (χ3v) is 7.13. The lowest BCUT2D eigenvalue weighted by atomic mass is 9.82. The number of hydrogen-bond acceptors (Lipinski definition) is 4. The summed E-state index contributed by atoms with van der Waals surface area (Å²) in [6.45, 7) is -0.146. The minimum Gasteiger partial charge on any atom is -0.481 e. The van der Waals surface area contributed by atoms with Crippen LogP contribution in [0.15, 0.2) is 42.5 Å². The van der Waals surface area contributed by atoms with E-state index in [1.54, 1.807) is 0 Å². The number of carboxylic acids is 1. The second-order valence-electron chi connectivity index (χ2n) is 9.62. The Hall–Kier alpha value is -3.89. The third-order valence-electron chi connectivity index (χ3n) is 7.13. The van der Waals surface area contributed by atoms with Crippen LogP contribution in [0.3, 0.4) is 0 Å². The van der Waals surface area contributed by atoms with E-state index in [-0.39, 0.29) is 36.6 Å². The number of benzene rings is 2. The molecule has 0 radical (unpaired) electrons. The van der Waals surface area contributed by atoms with Crippen LogP contribution in [0.4, 0.5) is 13.2 Å². The van der Waals surface area contributed by atoms with Crippen molar-refractivity contribution in [3.63, 3.8) is 0 Å². The Morgan fingerprint density at radius 1 is 0.842 bits per heavy atom. The van der Waals surface area contributed by atoms with E-state index in [4.69, 9.17) is 0 Å². The Morgan fingerprint density at radius 2 is 1.42 bits per heavy atom. The molecular weight excluding hydrogens is 503 g/mol. The molecule has 2 aromatic rings. The van der Waals surface area contributed by atoms with Gasteiger partial charge in [-0.1, -0.05) is 19.3 Å². The zero-order chi connectivity index (χ0) is 27.4. The summed E-state index contributed by atoms with van der Waals surface area (Å²) in [6, 6.07) is 6.55. The maximum Gasteiger partial charge on any atom is 0.305 e. The van der Waals surface area contributed by atoms with Gasteiger partial charge in [0.05, 0.1) is 6.42 Å². The highest BCUT2D eigenvalue weighted by atomic mass is 19.2. The smallest absolute Gasteiger partial charge is 0.305 e. The maximum atomic E-state index is 13.9. The topological polar surface area (TPSA) is 107 Å². The van der Waals surface area contributed by atoms with Crippen LogP contribution in [0.5, 0.6) is 0 Å². The molecule has 2 aliphatic rings. The summed E-state index contributed by atoms with van der Waals surface area (Å²) >= 11 is 0. The number of aliphatic carboxylic acids is 1. The number of rotatable bonds is 7.